The van der Waals surface area contributed by atoms with E-state index < -0.39 is 0 Å². The zero-order chi connectivity index (χ0) is 10.9. The van der Waals surface area contributed by atoms with Crippen LogP contribution in [0.3, 0.4) is 0 Å². The van der Waals surface area contributed by atoms with Gasteiger partial charge in [-0.05, 0) is 26.8 Å². The van der Waals surface area contributed by atoms with Crippen molar-refractivity contribution in [2.45, 2.75) is 32.4 Å². The Morgan fingerprint density at radius 2 is 2.33 bits per heavy atom. The first kappa shape index (κ1) is 10.6. The molecule has 2 N–H and O–H groups in total. The average Bonchev–Trinajstić information content (AvgIpc) is 2.75. The maximum Gasteiger partial charge on any atom is 0.146 e. The highest BCUT2D eigenvalue weighted by atomic mass is 15.3. The van der Waals surface area contributed by atoms with Crippen molar-refractivity contribution in [3.8, 4) is 0 Å². The Morgan fingerprint density at radius 3 is 2.87 bits per heavy atom. The first-order valence-corrected chi connectivity index (χ1v) is 5.41. The van der Waals surface area contributed by atoms with Gasteiger partial charge in [-0.15, -0.1) is 10.2 Å². The van der Waals surface area contributed by atoms with E-state index in [1.54, 1.807) is 0 Å². The molecular formula is C10H19N5. The molecule has 0 radical (unpaired) electrons. The molecule has 1 aliphatic heterocycles. The molecule has 1 atom stereocenters. The monoisotopic (exact) mass is 209 g/mol. The van der Waals surface area contributed by atoms with Crippen LogP contribution in [0.4, 0.5) is 0 Å². The van der Waals surface area contributed by atoms with Gasteiger partial charge in [-0.25, -0.2) is 0 Å². The van der Waals surface area contributed by atoms with E-state index in [2.05, 4.69) is 27.8 Å². The molecule has 15 heavy (non-hydrogen) atoms. The first-order valence-electron chi connectivity index (χ1n) is 5.41. The van der Waals surface area contributed by atoms with Crippen LogP contribution < -0.4 is 10.6 Å². The molecule has 2 heterocycles. The summed E-state index contributed by atoms with van der Waals surface area (Å²) in [7, 11) is 2.00. The second-order valence-electron chi connectivity index (χ2n) is 4.56. The lowest BCUT2D eigenvalue weighted by Gasteiger charge is -2.24. The molecule has 1 aromatic rings. The van der Waals surface area contributed by atoms with Gasteiger partial charge in [0, 0.05) is 19.1 Å². The zero-order valence-electron chi connectivity index (χ0n) is 9.67. The normalized spacial score (nSPS) is 26.1. The van der Waals surface area contributed by atoms with Crippen molar-refractivity contribution < 1.29 is 0 Å². The number of hydrogen-bond acceptors (Lipinski definition) is 4. The van der Waals surface area contributed by atoms with Crippen LogP contribution in [0.25, 0.3) is 0 Å². The molecule has 1 unspecified atom stereocenters. The number of aromatic nitrogens is 3. The molecule has 1 aromatic heterocycles. The van der Waals surface area contributed by atoms with E-state index in [1.165, 1.54) is 6.42 Å². The lowest BCUT2D eigenvalue weighted by atomic mass is 10.0. The lowest BCUT2D eigenvalue weighted by Crippen LogP contribution is -2.44. The summed E-state index contributed by atoms with van der Waals surface area (Å²) in [5.74, 6) is 1.96. The smallest absolute Gasteiger partial charge is 0.146 e. The van der Waals surface area contributed by atoms with E-state index in [9.17, 15) is 0 Å². The fraction of sp³-hybridized carbons (Fsp3) is 0.800. The van der Waals surface area contributed by atoms with Gasteiger partial charge in [-0.1, -0.05) is 0 Å². The van der Waals surface area contributed by atoms with Gasteiger partial charge >= 0.3 is 0 Å². The van der Waals surface area contributed by atoms with E-state index in [1.807, 2.05) is 18.5 Å². The van der Waals surface area contributed by atoms with Crippen molar-refractivity contribution in [2.24, 2.45) is 7.05 Å². The van der Waals surface area contributed by atoms with Gasteiger partial charge in [0.1, 0.15) is 11.6 Å². The predicted octanol–water partition coefficient (Wildman–Crippen LogP) is -0.0349. The van der Waals surface area contributed by atoms with Crippen LogP contribution in [0.1, 0.15) is 25.0 Å². The van der Waals surface area contributed by atoms with E-state index >= 15 is 0 Å². The second kappa shape index (κ2) is 3.90. The zero-order valence-corrected chi connectivity index (χ0v) is 9.67. The van der Waals surface area contributed by atoms with Crippen molar-refractivity contribution in [3.05, 3.63) is 11.6 Å². The van der Waals surface area contributed by atoms with Crippen molar-refractivity contribution in [3.63, 3.8) is 0 Å². The molecule has 0 aromatic carbocycles. The highest BCUT2D eigenvalue weighted by molar-refractivity contribution is 4.97. The van der Waals surface area contributed by atoms with Crippen LogP contribution in [0, 0.1) is 6.92 Å². The number of nitrogens with zero attached hydrogens (tertiary/aromatic N) is 3. The third-order valence-electron chi connectivity index (χ3n) is 3.22. The van der Waals surface area contributed by atoms with Crippen LogP contribution in [0.15, 0.2) is 0 Å². The Bertz CT molecular complexity index is 338. The summed E-state index contributed by atoms with van der Waals surface area (Å²) in [6.45, 7) is 7.13. The molecule has 0 saturated carbocycles. The Morgan fingerprint density at radius 1 is 1.53 bits per heavy atom. The topological polar surface area (TPSA) is 54.8 Å². The van der Waals surface area contributed by atoms with Gasteiger partial charge in [0.2, 0.25) is 0 Å². The predicted molar refractivity (Wildman–Crippen MR) is 58.5 cm³/mol. The van der Waals surface area contributed by atoms with Gasteiger partial charge in [-0.3, -0.25) is 0 Å². The number of aryl methyl sites for hydroxylation is 1. The highest BCUT2D eigenvalue weighted by Crippen LogP contribution is 2.13. The maximum atomic E-state index is 4.14. The molecule has 5 heteroatoms. The molecule has 1 fully saturated rings. The van der Waals surface area contributed by atoms with E-state index in [4.69, 9.17) is 0 Å². The quantitative estimate of drug-likeness (QED) is 0.734. The minimum atomic E-state index is 0.208. The fourth-order valence-corrected chi connectivity index (χ4v) is 1.87. The lowest BCUT2D eigenvalue weighted by molar-refractivity contribution is 0.378. The van der Waals surface area contributed by atoms with Gasteiger partial charge < -0.3 is 15.2 Å². The van der Waals surface area contributed by atoms with Gasteiger partial charge in [0.25, 0.3) is 0 Å². The minimum Gasteiger partial charge on any atom is -0.317 e. The average molecular weight is 209 g/mol. The van der Waals surface area contributed by atoms with E-state index in [-0.39, 0.29) is 5.54 Å². The third kappa shape index (κ3) is 2.18. The molecule has 0 spiro atoms. The molecular weight excluding hydrogens is 190 g/mol. The SMILES string of the molecule is Cc1nnc(CNC2(C)CCNC2)n1C. The van der Waals surface area contributed by atoms with Crippen molar-refractivity contribution in [1.82, 2.24) is 25.4 Å². The summed E-state index contributed by atoms with van der Waals surface area (Å²) in [6.07, 6.45) is 1.17. The van der Waals surface area contributed by atoms with Crippen molar-refractivity contribution in [1.29, 1.82) is 0 Å². The Balaban J connectivity index is 1.95. The van der Waals surface area contributed by atoms with E-state index in [0.29, 0.717) is 0 Å². The van der Waals surface area contributed by atoms with Crippen LogP contribution >= 0.6 is 0 Å². The van der Waals surface area contributed by atoms with Gasteiger partial charge in [-0.2, -0.15) is 0 Å². The van der Waals surface area contributed by atoms with Crippen molar-refractivity contribution in [2.75, 3.05) is 13.1 Å². The van der Waals surface area contributed by atoms with Crippen LogP contribution in [0.2, 0.25) is 0 Å². The van der Waals surface area contributed by atoms with Crippen LogP contribution in [-0.2, 0) is 13.6 Å². The molecule has 0 bridgehead atoms. The molecule has 84 valence electrons. The van der Waals surface area contributed by atoms with Crippen LogP contribution in [0.5, 0.6) is 0 Å². The van der Waals surface area contributed by atoms with Crippen LogP contribution in [-0.4, -0.2) is 33.4 Å². The van der Waals surface area contributed by atoms with Crippen molar-refractivity contribution >= 4 is 0 Å². The fourth-order valence-electron chi connectivity index (χ4n) is 1.87. The maximum absolute atomic E-state index is 4.14. The number of hydrogen-bond donors (Lipinski definition) is 2. The summed E-state index contributed by atoms with van der Waals surface area (Å²) in [4.78, 5) is 0. The summed E-state index contributed by atoms with van der Waals surface area (Å²) < 4.78 is 2.03. The summed E-state index contributed by atoms with van der Waals surface area (Å²) in [6, 6.07) is 0. The first-order chi connectivity index (χ1) is 7.11. The summed E-state index contributed by atoms with van der Waals surface area (Å²) in [5.41, 5.74) is 0.208. The largest absolute Gasteiger partial charge is 0.317 e. The van der Waals surface area contributed by atoms with Gasteiger partial charge in [0.15, 0.2) is 0 Å². The minimum absolute atomic E-state index is 0.208. The Hall–Kier alpha value is -0.940. The summed E-state index contributed by atoms with van der Waals surface area (Å²) in [5, 5.41) is 15.1. The van der Waals surface area contributed by atoms with E-state index in [0.717, 1.165) is 31.3 Å². The molecule has 1 saturated heterocycles. The molecule has 5 nitrogen and oxygen atoms in total. The summed E-state index contributed by atoms with van der Waals surface area (Å²) >= 11 is 0. The molecule has 2 rings (SSSR count). The number of nitrogens with one attached hydrogen (secondary N) is 2. The van der Waals surface area contributed by atoms with Gasteiger partial charge in [0.05, 0.1) is 6.54 Å². The molecule has 1 aliphatic rings. The highest BCUT2D eigenvalue weighted by Gasteiger charge is 2.27. The molecule has 0 amide bonds. The standard InChI is InChI=1S/C10H19N5/c1-8-13-14-9(15(8)3)6-12-10(2)4-5-11-7-10/h11-12H,4-7H2,1-3H3. The number of rotatable bonds is 3. The Labute approximate surface area is 90.3 Å². The molecule has 0 aliphatic carbocycles. The third-order valence-corrected chi connectivity index (χ3v) is 3.22. The Kier molecular flexibility index (Phi) is 2.75. The second-order valence-corrected chi connectivity index (χ2v) is 4.56.